The van der Waals surface area contributed by atoms with Crippen molar-refractivity contribution in [1.82, 2.24) is 15.3 Å². The van der Waals surface area contributed by atoms with E-state index in [9.17, 15) is 4.79 Å². The van der Waals surface area contributed by atoms with Crippen LogP contribution in [0.4, 0.5) is 11.6 Å². The van der Waals surface area contributed by atoms with Crippen LogP contribution in [0.2, 0.25) is 5.02 Å². The molecule has 3 rings (SSSR count). The Kier molecular flexibility index (Phi) is 5.06. The SMILES string of the molecule is C#Cc1ccc2nc(Nc3ccc(C(=O)NC(C)C)cc3)ncc2c1Cl. The summed E-state index contributed by atoms with van der Waals surface area (Å²) in [4.78, 5) is 20.7. The molecule has 0 spiro atoms. The second-order valence-electron chi connectivity index (χ2n) is 6.03. The van der Waals surface area contributed by atoms with Crippen molar-refractivity contribution in [2.24, 2.45) is 0 Å². The maximum Gasteiger partial charge on any atom is 0.251 e. The number of amides is 1. The fourth-order valence-electron chi connectivity index (χ4n) is 2.42. The number of rotatable bonds is 4. The van der Waals surface area contributed by atoms with Gasteiger partial charge in [-0.1, -0.05) is 17.5 Å². The van der Waals surface area contributed by atoms with Gasteiger partial charge in [-0.25, -0.2) is 9.97 Å². The van der Waals surface area contributed by atoms with Crippen molar-refractivity contribution in [3.8, 4) is 12.3 Å². The highest BCUT2D eigenvalue weighted by Gasteiger charge is 2.09. The van der Waals surface area contributed by atoms with E-state index in [2.05, 4.69) is 26.5 Å². The Morgan fingerprint density at radius 1 is 1.19 bits per heavy atom. The molecular weight excluding hydrogens is 348 g/mol. The number of terminal acetylenes is 1. The van der Waals surface area contributed by atoms with Crippen molar-refractivity contribution in [2.75, 3.05) is 5.32 Å². The molecule has 0 aliphatic carbocycles. The highest BCUT2D eigenvalue weighted by atomic mass is 35.5. The van der Waals surface area contributed by atoms with E-state index in [0.717, 1.165) is 5.69 Å². The standard InChI is InChI=1S/C20H17ClN4O/c1-4-13-7-10-17-16(18(13)21)11-22-20(25-17)24-15-8-5-14(6-9-15)19(26)23-12(2)3/h1,5-12H,2-3H3,(H,23,26)(H,22,24,25). The van der Waals surface area contributed by atoms with Gasteiger partial charge in [-0.15, -0.1) is 6.42 Å². The predicted molar refractivity (Wildman–Crippen MR) is 105 cm³/mol. The summed E-state index contributed by atoms with van der Waals surface area (Å²) < 4.78 is 0. The Hall–Kier alpha value is -3.10. The normalized spacial score (nSPS) is 10.6. The zero-order valence-corrected chi connectivity index (χ0v) is 15.1. The van der Waals surface area contributed by atoms with Crippen LogP contribution in [0.5, 0.6) is 0 Å². The van der Waals surface area contributed by atoms with Crippen LogP contribution in [0.1, 0.15) is 29.8 Å². The number of carbonyl (C=O) groups excluding carboxylic acids is 1. The topological polar surface area (TPSA) is 66.9 Å². The van der Waals surface area contributed by atoms with Gasteiger partial charge in [-0.05, 0) is 50.2 Å². The van der Waals surface area contributed by atoms with Gasteiger partial charge < -0.3 is 10.6 Å². The molecule has 6 heteroatoms. The molecule has 0 fully saturated rings. The van der Waals surface area contributed by atoms with Crippen LogP contribution in [-0.2, 0) is 0 Å². The number of hydrogen-bond donors (Lipinski definition) is 2. The van der Waals surface area contributed by atoms with Gasteiger partial charge in [0.15, 0.2) is 0 Å². The molecule has 1 amide bonds. The maximum absolute atomic E-state index is 12.0. The van der Waals surface area contributed by atoms with Gasteiger partial charge in [-0.2, -0.15) is 0 Å². The Bertz CT molecular complexity index is 1010. The van der Waals surface area contributed by atoms with E-state index >= 15 is 0 Å². The Morgan fingerprint density at radius 3 is 2.58 bits per heavy atom. The Morgan fingerprint density at radius 2 is 1.92 bits per heavy atom. The molecular formula is C20H17ClN4O. The number of nitrogens with zero attached hydrogens (tertiary/aromatic N) is 2. The lowest BCUT2D eigenvalue weighted by Gasteiger charge is -2.10. The van der Waals surface area contributed by atoms with Crippen LogP contribution in [0.3, 0.4) is 0 Å². The molecule has 5 nitrogen and oxygen atoms in total. The minimum Gasteiger partial charge on any atom is -0.350 e. The molecule has 0 saturated heterocycles. The molecule has 0 saturated carbocycles. The van der Waals surface area contributed by atoms with Gasteiger partial charge in [0.1, 0.15) is 0 Å². The van der Waals surface area contributed by atoms with Crippen molar-refractivity contribution in [3.05, 3.63) is 58.7 Å². The lowest BCUT2D eigenvalue weighted by molar-refractivity contribution is 0.0943. The van der Waals surface area contributed by atoms with E-state index in [0.29, 0.717) is 33.0 Å². The van der Waals surface area contributed by atoms with E-state index < -0.39 is 0 Å². The number of aromatic nitrogens is 2. The molecule has 0 bridgehead atoms. The van der Waals surface area contributed by atoms with Gasteiger partial charge in [0.25, 0.3) is 5.91 Å². The van der Waals surface area contributed by atoms with Crippen molar-refractivity contribution >= 4 is 40.0 Å². The third-order valence-electron chi connectivity index (χ3n) is 3.68. The Labute approximate surface area is 156 Å². The molecule has 1 heterocycles. The molecule has 0 atom stereocenters. The van der Waals surface area contributed by atoms with Crippen LogP contribution in [0.25, 0.3) is 10.9 Å². The molecule has 26 heavy (non-hydrogen) atoms. The zero-order valence-electron chi connectivity index (χ0n) is 14.4. The first-order valence-corrected chi connectivity index (χ1v) is 8.45. The van der Waals surface area contributed by atoms with Crippen LogP contribution in [0.15, 0.2) is 42.6 Å². The lowest BCUT2D eigenvalue weighted by atomic mass is 10.1. The maximum atomic E-state index is 12.0. The summed E-state index contributed by atoms with van der Waals surface area (Å²) in [7, 11) is 0. The van der Waals surface area contributed by atoms with Gasteiger partial charge in [-0.3, -0.25) is 4.79 Å². The molecule has 0 radical (unpaired) electrons. The fourth-order valence-corrected chi connectivity index (χ4v) is 2.69. The highest BCUT2D eigenvalue weighted by molar-refractivity contribution is 6.36. The monoisotopic (exact) mass is 364 g/mol. The molecule has 1 aromatic heterocycles. The van der Waals surface area contributed by atoms with E-state index in [4.69, 9.17) is 18.0 Å². The van der Waals surface area contributed by atoms with E-state index in [-0.39, 0.29) is 11.9 Å². The van der Waals surface area contributed by atoms with Crippen molar-refractivity contribution < 1.29 is 4.79 Å². The van der Waals surface area contributed by atoms with Gasteiger partial charge in [0, 0.05) is 34.4 Å². The average Bonchev–Trinajstić information content (AvgIpc) is 2.62. The zero-order chi connectivity index (χ0) is 18.7. The summed E-state index contributed by atoms with van der Waals surface area (Å²) in [6.07, 6.45) is 7.05. The number of carbonyl (C=O) groups is 1. The smallest absolute Gasteiger partial charge is 0.251 e. The lowest BCUT2D eigenvalue weighted by Crippen LogP contribution is -2.29. The summed E-state index contributed by atoms with van der Waals surface area (Å²) in [6, 6.07) is 10.8. The van der Waals surface area contributed by atoms with E-state index in [1.165, 1.54) is 0 Å². The Balaban J connectivity index is 1.81. The first-order chi connectivity index (χ1) is 12.5. The quantitative estimate of drug-likeness (QED) is 0.682. The molecule has 2 N–H and O–H groups in total. The van der Waals surface area contributed by atoms with Crippen molar-refractivity contribution in [2.45, 2.75) is 19.9 Å². The molecule has 130 valence electrons. The van der Waals surface area contributed by atoms with Gasteiger partial charge in [0.05, 0.1) is 10.5 Å². The van der Waals surface area contributed by atoms with Crippen LogP contribution < -0.4 is 10.6 Å². The minimum atomic E-state index is -0.104. The fraction of sp³-hybridized carbons (Fsp3) is 0.150. The van der Waals surface area contributed by atoms with Crippen LogP contribution in [-0.4, -0.2) is 21.9 Å². The second-order valence-corrected chi connectivity index (χ2v) is 6.41. The van der Waals surface area contributed by atoms with E-state index in [1.807, 2.05) is 19.9 Å². The number of fused-ring (bicyclic) bond motifs is 1. The first kappa shape index (κ1) is 17.7. The molecule has 0 unspecified atom stereocenters. The molecule has 3 aromatic rings. The molecule has 2 aromatic carbocycles. The third-order valence-corrected chi connectivity index (χ3v) is 4.08. The summed E-state index contributed by atoms with van der Waals surface area (Å²) in [5.41, 5.74) is 2.67. The van der Waals surface area contributed by atoms with Crippen LogP contribution >= 0.6 is 11.6 Å². The number of halogens is 1. The number of nitrogens with one attached hydrogen (secondary N) is 2. The molecule has 0 aliphatic heterocycles. The van der Waals surface area contributed by atoms with Gasteiger partial charge in [0.2, 0.25) is 5.95 Å². The predicted octanol–water partition coefficient (Wildman–Crippen LogP) is 4.15. The first-order valence-electron chi connectivity index (χ1n) is 8.07. The summed E-state index contributed by atoms with van der Waals surface area (Å²) in [5.74, 6) is 2.86. The summed E-state index contributed by atoms with van der Waals surface area (Å²) in [5, 5.41) is 7.14. The number of anilines is 2. The van der Waals surface area contributed by atoms with Crippen molar-refractivity contribution in [3.63, 3.8) is 0 Å². The second kappa shape index (κ2) is 7.42. The highest BCUT2D eigenvalue weighted by Crippen LogP contribution is 2.26. The van der Waals surface area contributed by atoms with Gasteiger partial charge >= 0.3 is 0 Å². The third kappa shape index (κ3) is 3.76. The summed E-state index contributed by atoms with van der Waals surface area (Å²) >= 11 is 6.26. The number of benzene rings is 2. The number of hydrogen-bond acceptors (Lipinski definition) is 4. The molecule has 0 aliphatic rings. The van der Waals surface area contributed by atoms with E-state index in [1.54, 1.807) is 36.5 Å². The van der Waals surface area contributed by atoms with Crippen LogP contribution in [0, 0.1) is 12.3 Å². The largest absolute Gasteiger partial charge is 0.350 e. The van der Waals surface area contributed by atoms with Crippen molar-refractivity contribution in [1.29, 1.82) is 0 Å². The summed E-state index contributed by atoms with van der Waals surface area (Å²) in [6.45, 7) is 3.84. The minimum absolute atomic E-state index is 0.0908. The average molecular weight is 365 g/mol.